The Labute approximate surface area is 153 Å². The number of benzene rings is 2. The molecule has 4 nitrogen and oxygen atoms in total. The molecule has 1 amide bonds. The lowest BCUT2D eigenvalue weighted by molar-refractivity contribution is -0.117. The van der Waals surface area contributed by atoms with Crippen molar-refractivity contribution in [2.24, 2.45) is 0 Å². The molecule has 1 fully saturated rings. The summed E-state index contributed by atoms with van der Waals surface area (Å²) in [6, 6.07) is 18.2. The van der Waals surface area contributed by atoms with Gasteiger partial charge in [-0.25, -0.2) is 0 Å². The maximum atomic E-state index is 12.2. The summed E-state index contributed by atoms with van der Waals surface area (Å²) in [5.74, 6) is 1.00. The van der Waals surface area contributed by atoms with E-state index in [2.05, 4.69) is 23.2 Å². The van der Waals surface area contributed by atoms with Crippen molar-refractivity contribution in [3.63, 3.8) is 0 Å². The van der Waals surface area contributed by atoms with E-state index in [1.165, 1.54) is 0 Å². The van der Waals surface area contributed by atoms with Crippen molar-refractivity contribution in [2.45, 2.75) is 12.8 Å². The smallest absolute Gasteiger partial charge is 0.227 e. The van der Waals surface area contributed by atoms with Crippen molar-refractivity contribution in [2.75, 3.05) is 18.6 Å². The summed E-state index contributed by atoms with van der Waals surface area (Å²) in [4.78, 5) is 18.2. The Hall–Kier alpha value is -3.14. The summed E-state index contributed by atoms with van der Waals surface area (Å²) in [6.45, 7) is 0.783. The van der Waals surface area contributed by atoms with E-state index in [0.717, 1.165) is 46.7 Å². The second-order valence-electron chi connectivity index (χ2n) is 6.35. The van der Waals surface area contributed by atoms with E-state index in [9.17, 15) is 4.79 Å². The fourth-order valence-electron chi connectivity index (χ4n) is 3.43. The van der Waals surface area contributed by atoms with Crippen molar-refractivity contribution in [1.29, 1.82) is 0 Å². The van der Waals surface area contributed by atoms with Gasteiger partial charge in [-0.1, -0.05) is 18.2 Å². The third-order valence-corrected chi connectivity index (χ3v) is 4.76. The molecule has 0 bridgehead atoms. The van der Waals surface area contributed by atoms with Gasteiger partial charge >= 0.3 is 0 Å². The number of ether oxygens (including phenoxy) is 1. The standard InChI is InChI=1S/C22H20N2O2/c1-26-19-5-2-4-17(14-19)21-15-18(24-13-3-6-22(24)25)7-8-20(21)16-9-11-23-12-10-16/h2,4-5,7-12,14-15H,3,6,13H2,1H3. The SMILES string of the molecule is COc1cccc(-c2cc(N3CCCC3=O)ccc2-c2ccncc2)c1. The van der Waals surface area contributed by atoms with E-state index in [1.54, 1.807) is 19.5 Å². The number of aromatic nitrogens is 1. The van der Waals surface area contributed by atoms with Crippen LogP contribution in [0, 0.1) is 0 Å². The highest BCUT2D eigenvalue weighted by molar-refractivity contribution is 5.97. The molecular formula is C22H20N2O2. The molecule has 130 valence electrons. The number of anilines is 1. The van der Waals surface area contributed by atoms with Crippen LogP contribution in [-0.2, 0) is 4.79 Å². The van der Waals surface area contributed by atoms with Gasteiger partial charge in [0.25, 0.3) is 0 Å². The highest BCUT2D eigenvalue weighted by Crippen LogP contribution is 2.37. The Morgan fingerprint density at radius 1 is 0.962 bits per heavy atom. The maximum absolute atomic E-state index is 12.2. The van der Waals surface area contributed by atoms with Gasteiger partial charge in [0.15, 0.2) is 0 Å². The van der Waals surface area contributed by atoms with Gasteiger partial charge in [0.05, 0.1) is 7.11 Å². The lowest BCUT2D eigenvalue weighted by atomic mass is 9.94. The fourth-order valence-corrected chi connectivity index (χ4v) is 3.43. The first-order valence-corrected chi connectivity index (χ1v) is 8.75. The van der Waals surface area contributed by atoms with Gasteiger partial charge in [0.2, 0.25) is 5.91 Å². The van der Waals surface area contributed by atoms with Crippen LogP contribution in [0.5, 0.6) is 5.75 Å². The van der Waals surface area contributed by atoms with Crippen molar-refractivity contribution in [3.05, 3.63) is 67.0 Å². The molecule has 2 heterocycles. The van der Waals surface area contributed by atoms with Crippen molar-refractivity contribution < 1.29 is 9.53 Å². The molecule has 26 heavy (non-hydrogen) atoms. The predicted molar refractivity (Wildman–Crippen MR) is 103 cm³/mol. The summed E-state index contributed by atoms with van der Waals surface area (Å²) in [6.07, 6.45) is 5.13. The first-order valence-electron chi connectivity index (χ1n) is 8.75. The van der Waals surface area contributed by atoms with Crippen molar-refractivity contribution >= 4 is 11.6 Å². The molecule has 1 aromatic heterocycles. The van der Waals surface area contributed by atoms with Crippen LogP contribution < -0.4 is 9.64 Å². The van der Waals surface area contributed by atoms with Crippen molar-refractivity contribution in [1.82, 2.24) is 4.98 Å². The zero-order valence-corrected chi connectivity index (χ0v) is 14.7. The third-order valence-electron chi connectivity index (χ3n) is 4.76. The minimum Gasteiger partial charge on any atom is -0.497 e. The van der Waals surface area contributed by atoms with E-state index >= 15 is 0 Å². The molecule has 2 aromatic carbocycles. The number of pyridine rings is 1. The quantitative estimate of drug-likeness (QED) is 0.697. The zero-order valence-electron chi connectivity index (χ0n) is 14.7. The molecule has 1 aliphatic rings. The summed E-state index contributed by atoms with van der Waals surface area (Å²) >= 11 is 0. The van der Waals surface area contributed by atoms with Gasteiger partial charge in [0, 0.05) is 31.0 Å². The van der Waals surface area contributed by atoms with Crippen LogP contribution in [0.25, 0.3) is 22.3 Å². The molecule has 0 saturated carbocycles. The molecule has 3 aromatic rings. The lowest BCUT2D eigenvalue weighted by Gasteiger charge is -2.19. The molecule has 0 unspecified atom stereocenters. The molecule has 1 aliphatic heterocycles. The predicted octanol–water partition coefficient (Wildman–Crippen LogP) is 4.55. The summed E-state index contributed by atoms with van der Waals surface area (Å²) in [7, 11) is 1.67. The third kappa shape index (κ3) is 3.06. The monoisotopic (exact) mass is 344 g/mol. The molecule has 0 spiro atoms. The largest absolute Gasteiger partial charge is 0.497 e. The van der Waals surface area contributed by atoms with Crippen LogP contribution in [-0.4, -0.2) is 24.5 Å². The minimum absolute atomic E-state index is 0.193. The van der Waals surface area contributed by atoms with E-state index < -0.39 is 0 Å². The maximum Gasteiger partial charge on any atom is 0.227 e. The second kappa shape index (κ2) is 7.00. The van der Waals surface area contributed by atoms with E-state index in [0.29, 0.717) is 6.42 Å². The van der Waals surface area contributed by atoms with E-state index in [1.807, 2.05) is 41.3 Å². The number of carbonyl (C=O) groups is 1. The van der Waals surface area contributed by atoms with E-state index in [-0.39, 0.29) is 5.91 Å². The topological polar surface area (TPSA) is 42.4 Å². The fraction of sp³-hybridized carbons (Fsp3) is 0.182. The summed E-state index contributed by atoms with van der Waals surface area (Å²) < 4.78 is 5.39. The number of nitrogens with zero attached hydrogens (tertiary/aromatic N) is 2. The Bertz CT molecular complexity index is 938. The summed E-state index contributed by atoms with van der Waals surface area (Å²) in [5, 5.41) is 0. The Morgan fingerprint density at radius 3 is 2.54 bits per heavy atom. The second-order valence-corrected chi connectivity index (χ2v) is 6.35. The lowest BCUT2D eigenvalue weighted by Crippen LogP contribution is -2.23. The van der Waals surface area contributed by atoms with Crippen LogP contribution in [0.3, 0.4) is 0 Å². The first-order chi connectivity index (χ1) is 12.8. The Kier molecular flexibility index (Phi) is 4.40. The molecule has 4 rings (SSSR count). The number of hydrogen-bond acceptors (Lipinski definition) is 3. The van der Waals surface area contributed by atoms with Gasteiger partial charge in [-0.2, -0.15) is 0 Å². The molecular weight excluding hydrogens is 324 g/mol. The molecule has 0 N–H and O–H groups in total. The minimum atomic E-state index is 0.193. The Balaban J connectivity index is 1.87. The highest BCUT2D eigenvalue weighted by atomic mass is 16.5. The van der Waals surface area contributed by atoms with Gasteiger partial charge in [-0.3, -0.25) is 9.78 Å². The van der Waals surface area contributed by atoms with Gasteiger partial charge in [-0.15, -0.1) is 0 Å². The van der Waals surface area contributed by atoms with Gasteiger partial charge < -0.3 is 9.64 Å². The number of hydrogen-bond donors (Lipinski definition) is 0. The molecule has 1 saturated heterocycles. The average Bonchev–Trinajstić information content (AvgIpc) is 3.14. The van der Waals surface area contributed by atoms with E-state index in [4.69, 9.17) is 4.74 Å². The average molecular weight is 344 g/mol. The van der Waals surface area contributed by atoms with Gasteiger partial charge in [0.1, 0.15) is 5.75 Å². The molecule has 4 heteroatoms. The van der Waals surface area contributed by atoms with Crippen molar-refractivity contribution in [3.8, 4) is 28.0 Å². The van der Waals surface area contributed by atoms with Crippen LogP contribution in [0.1, 0.15) is 12.8 Å². The van der Waals surface area contributed by atoms with Crippen LogP contribution >= 0.6 is 0 Å². The van der Waals surface area contributed by atoms with Crippen LogP contribution in [0.15, 0.2) is 67.0 Å². The number of amides is 1. The van der Waals surface area contributed by atoms with Gasteiger partial charge in [-0.05, 0) is 65.1 Å². The number of carbonyl (C=O) groups excluding carboxylic acids is 1. The Morgan fingerprint density at radius 2 is 1.81 bits per heavy atom. The van der Waals surface area contributed by atoms with Crippen LogP contribution in [0.4, 0.5) is 5.69 Å². The molecule has 0 atom stereocenters. The first kappa shape index (κ1) is 16.3. The molecule has 0 radical (unpaired) electrons. The van der Waals surface area contributed by atoms with Crippen LogP contribution in [0.2, 0.25) is 0 Å². The molecule has 0 aliphatic carbocycles. The number of methoxy groups -OCH3 is 1. The zero-order chi connectivity index (χ0) is 17.9. The number of rotatable bonds is 4. The highest BCUT2D eigenvalue weighted by Gasteiger charge is 2.22. The summed E-state index contributed by atoms with van der Waals surface area (Å²) in [5.41, 5.74) is 5.29. The normalized spacial score (nSPS) is 13.9.